The van der Waals surface area contributed by atoms with Crippen LogP contribution in [0.1, 0.15) is 5.56 Å². The molecule has 0 atom stereocenters. The first-order valence-corrected chi connectivity index (χ1v) is 12.7. The Bertz CT molecular complexity index is 1960. The standard InChI is InChI=1S/C34H21N5/c35-22-23-18-19-31-29(20-23)28-16-7-8-17-30(28)39(31)27-15-9-14-26(21-27)34-37-32(24-10-3-1-4-11-24)36-33(38-34)25-12-5-2-6-13-25/h1-21H. The zero-order valence-electron chi connectivity index (χ0n) is 20.9. The fraction of sp³-hybridized carbons (Fsp3) is 0. The molecule has 7 aromatic rings. The minimum absolute atomic E-state index is 0.608. The summed E-state index contributed by atoms with van der Waals surface area (Å²) < 4.78 is 2.23. The van der Waals surface area contributed by atoms with E-state index in [1.807, 2.05) is 103 Å². The number of hydrogen-bond acceptors (Lipinski definition) is 4. The Hall–Kier alpha value is -5.60. The number of nitrogens with zero attached hydrogens (tertiary/aromatic N) is 5. The number of benzene rings is 5. The largest absolute Gasteiger partial charge is 0.309 e. The first-order chi connectivity index (χ1) is 19.3. The van der Waals surface area contributed by atoms with Crippen molar-refractivity contribution in [2.45, 2.75) is 0 Å². The smallest absolute Gasteiger partial charge is 0.164 e. The van der Waals surface area contributed by atoms with Crippen LogP contribution in [0.4, 0.5) is 0 Å². The summed E-state index contributed by atoms with van der Waals surface area (Å²) in [7, 11) is 0. The van der Waals surface area contributed by atoms with Gasteiger partial charge in [-0.3, -0.25) is 0 Å². The Kier molecular flexibility index (Phi) is 5.42. The second kappa shape index (κ2) is 9.37. The molecule has 2 heterocycles. The van der Waals surface area contributed by atoms with Gasteiger partial charge in [0.2, 0.25) is 0 Å². The van der Waals surface area contributed by atoms with Crippen LogP contribution in [0.25, 0.3) is 61.7 Å². The molecule has 39 heavy (non-hydrogen) atoms. The molecule has 0 radical (unpaired) electrons. The molecule has 0 aliphatic rings. The zero-order chi connectivity index (χ0) is 26.2. The van der Waals surface area contributed by atoms with Crippen molar-refractivity contribution in [3.05, 3.63) is 133 Å². The summed E-state index contributed by atoms with van der Waals surface area (Å²) >= 11 is 0. The van der Waals surface area contributed by atoms with Crippen LogP contribution in [0.15, 0.2) is 127 Å². The number of aromatic nitrogens is 4. The van der Waals surface area contributed by atoms with Crippen LogP contribution in [0.2, 0.25) is 0 Å². The molecule has 2 aromatic heterocycles. The van der Waals surface area contributed by atoms with E-state index in [1.165, 1.54) is 0 Å². The molecular formula is C34H21N5. The average Bonchev–Trinajstić information content (AvgIpc) is 3.35. The lowest BCUT2D eigenvalue weighted by atomic mass is 10.1. The van der Waals surface area contributed by atoms with Gasteiger partial charge in [0, 0.05) is 33.2 Å². The SMILES string of the molecule is N#Cc1ccc2c(c1)c1ccccc1n2-c1cccc(-c2nc(-c3ccccc3)nc(-c3ccccc3)n2)c1. The van der Waals surface area contributed by atoms with Gasteiger partial charge in [-0.1, -0.05) is 91.0 Å². The molecule has 0 aliphatic carbocycles. The lowest BCUT2D eigenvalue weighted by Gasteiger charge is -2.11. The van der Waals surface area contributed by atoms with E-state index in [9.17, 15) is 5.26 Å². The van der Waals surface area contributed by atoms with Gasteiger partial charge in [0.25, 0.3) is 0 Å². The first-order valence-electron chi connectivity index (χ1n) is 12.7. The van der Waals surface area contributed by atoms with Crippen molar-refractivity contribution in [1.82, 2.24) is 19.5 Å². The Labute approximate surface area is 225 Å². The number of hydrogen-bond donors (Lipinski definition) is 0. The number of rotatable bonds is 4. The predicted octanol–water partition coefficient (Wildman–Crippen LogP) is 7.84. The maximum absolute atomic E-state index is 9.49. The maximum atomic E-state index is 9.49. The van der Waals surface area contributed by atoms with Crippen LogP contribution >= 0.6 is 0 Å². The summed E-state index contributed by atoms with van der Waals surface area (Å²) in [6.45, 7) is 0. The Morgan fingerprint density at radius 1 is 0.487 bits per heavy atom. The van der Waals surface area contributed by atoms with E-state index in [-0.39, 0.29) is 0 Å². The minimum atomic E-state index is 0.608. The summed E-state index contributed by atoms with van der Waals surface area (Å²) in [6, 6.07) is 44.6. The predicted molar refractivity (Wildman–Crippen MR) is 155 cm³/mol. The minimum Gasteiger partial charge on any atom is -0.309 e. The van der Waals surface area contributed by atoms with Crippen molar-refractivity contribution in [1.29, 1.82) is 5.26 Å². The van der Waals surface area contributed by atoms with E-state index < -0.39 is 0 Å². The van der Waals surface area contributed by atoms with Gasteiger partial charge in [-0.25, -0.2) is 15.0 Å². The van der Waals surface area contributed by atoms with Gasteiger partial charge < -0.3 is 4.57 Å². The van der Waals surface area contributed by atoms with Crippen LogP contribution in [0.3, 0.4) is 0 Å². The molecule has 7 rings (SSSR count). The lowest BCUT2D eigenvalue weighted by Crippen LogP contribution is -2.01. The Morgan fingerprint density at radius 2 is 1.05 bits per heavy atom. The molecule has 182 valence electrons. The van der Waals surface area contributed by atoms with Crippen molar-refractivity contribution in [3.63, 3.8) is 0 Å². The summed E-state index contributed by atoms with van der Waals surface area (Å²) in [5, 5.41) is 11.6. The summed E-state index contributed by atoms with van der Waals surface area (Å²) in [5.74, 6) is 1.87. The van der Waals surface area contributed by atoms with Gasteiger partial charge >= 0.3 is 0 Å². The molecule has 5 nitrogen and oxygen atoms in total. The molecule has 0 fully saturated rings. The van der Waals surface area contributed by atoms with E-state index in [4.69, 9.17) is 15.0 Å². The fourth-order valence-corrected chi connectivity index (χ4v) is 5.04. The Balaban J connectivity index is 1.44. The molecule has 0 unspecified atom stereocenters. The quantitative estimate of drug-likeness (QED) is 0.247. The van der Waals surface area contributed by atoms with Crippen molar-refractivity contribution >= 4 is 21.8 Å². The van der Waals surface area contributed by atoms with Gasteiger partial charge in [-0.05, 0) is 36.4 Å². The molecule has 0 amide bonds. The number of nitriles is 1. The first kappa shape index (κ1) is 22.6. The van der Waals surface area contributed by atoms with Crippen molar-refractivity contribution < 1.29 is 0 Å². The van der Waals surface area contributed by atoms with Gasteiger partial charge in [0.1, 0.15) is 0 Å². The molecule has 0 saturated heterocycles. The van der Waals surface area contributed by atoms with E-state index in [0.29, 0.717) is 23.0 Å². The van der Waals surface area contributed by atoms with Crippen LogP contribution < -0.4 is 0 Å². The zero-order valence-corrected chi connectivity index (χ0v) is 20.9. The topological polar surface area (TPSA) is 67.4 Å². The third-order valence-electron chi connectivity index (χ3n) is 6.86. The summed E-state index contributed by atoms with van der Waals surface area (Å²) in [6.07, 6.45) is 0. The normalized spacial score (nSPS) is 11.1. The molecule has 0 N–H and O–H groups in total. The Morgan fingerprint density at radius 3 is 1.72 bits per heavy atom. The van der Waals surface area contributed by atoms with E-state index in [2.05, 4.69) is 34.9 Å². The second-order valence-corrected chi connectivity index (χ2v) is 9.28. The van der Waals surface area contributed by atoms with Crippen molar-refractivity contribution in [2.75, 3.05) is 0 Å². The molecular weight excluding hydrogens is 478 g/mol. The van der Waals surface area contributed by atoms with E-state index >= 15 is 0 Å². The highest BCUT2D eigenvalue weighted by Crippen LogP contribution is 2.34. The third-order valence-corrected chi connectivity index (χ3v) is 6.86. The molecule has 0 bridgehead atoms. The van der Waals surface area contributed by atoms with Crippen LogP contribution in [0.5, 0.6) is 0 Å². The highest BCUT2D eigenvalue weighted by atomic mass is 15.0. The lowest BCUT2D eigenvalue weighted by molar-refractivity contribution is 1.07. The average molecular weight is 500 g/mol. The van der Waals surface area contributed by atoms with Crippen LogP contribution in [0, 0.1) is 11.3 Å². The monoisotopic (exact) mass is 499 g/mol. The van der Waals surface area contributed by atoms with E-state index in [1.54, 1.807) is 0 Å². The molecule has 5 aromatic carbocycles. The van der Waals surface area contributed by atoms with Gasteiger partial charge in [0.15, 0.2) is 17.5 Å². The van der Waals surface area contributed by atoms with Crippen molar-refractivity contribution in [2.24, 2.45) is 0 Å². The molecule has 0 spiro atoms. The van der Waals surface area contributed by atoms with Crippen molar-refractivity contribution in [3.8, 4) is 45.9 Å². The van der Waals surface area contributed by atoms with E-state index in [0.717, 1.165) is 44.2 Å². The molecule has 0 saturated carbocycles. The maximum Gasteiger partial charge on any atom is 0.164 e. The number of para-hydroxylation sites is 1. The van der Waals surface area contributed by atoms with Crippen LogP contribution in [-0.4, -0.2) is 19.5 Å². The van der Waals surface area contributed by atoms with Gasteiger partial charge in [-0.2, -0.15) is 5.26 Å². The molecule has 5 heteroatoms. The third kappa shape index (κ3) is 4.01. The van der Waals surface area contributed by atoms with Crippen LogP contribution in [-0.2, 0) is 0 Å². The molecule has 0 aliphatic heterocycles. The summed E-state index contributed by atoms with van der Waals surface area (Å²) in [4.78, 5) is 14.6. The summed E-state index contributed by atoms with van der Waals surface area (Å²) in [5.41, 5.74) is 6.51. The highest BCUT2D eigenvalue weighted by molar-refractivity contribution is 6.09. The highest BCUT2D eigenvalue weighted by Gasteiger charge is 2.15. The second-order valence-electron chi connectivity index (χ2n) is 9.28. The van der Waals surface area contributed by atoms with Gasteiger partial charge in [0.05, 0.1) is 22.7 Å². The number of fused-ring (bicyclic) bond motifs is 3. The van der Waals surface area contributed by atoms with Gasteiger partial charge in [-0.15, -0.1) is 0 Å². The fourth-order valence-electron chi connectivity index (χ4n) is 5.04.